The molecule has 0 aliphatic rings. The summed E-state index contributed by atoms with van der Waals surface area (Å²) in [6.07, 6.45) is -0.511. The van der Waals surface area contributed by atoms with Gasteiger partial charge >= 0.3 is 12.1 Å². The lowest BCUT2D eigenvalue weighted by atomic mass is 10.0. The van der Waals surface area contributed by atoms with Gasteiger partial charge in [0.05, 0.1) is 25.4 Å². The van der Waals surface area contributed by atoms with Crippen molar-refractivity contribution in [2.45, 2.75) is 46.4 Å². The molecular formula is C27H28BrN3O4. The van der Waals surface area contributed by atoms with Crippen molar-refractivity contribution in [1.82, 2.24) is 14.9 Å². The van der Waals surface area contributed by atoms with Gasteiger partial charge in [0.1, 0.15) is 16.9 Å². The van der Waals surface area contributed by atoms with Gasteiger partial charge in [-0.1, -0.05) is 40.2 Å². The summed E-state index contributed by atoms with van der Waals surface area (Å²) in [4.78, 5) is 29.7. The molecule has 1 amide bonds. The van der Waals surface area contributed by atoms with Crippen LogP contribution in [0.1, 0.15) is 49.4 Å². The van der Waals surface area contributed by atoms with Crippen LogP contribution < -0.4 is 5.32 Å². The van der Waals surface area contributed by atoms with E-state index in [4.69, 9.17) is 14.5 Å². The van der Waals surface area contributed by atoms with E-state index in [1.54, 1.807) is 13.0 Å². The Hall–Kier alpha value is -3.39. The quantitative estimate of drug-likeness (QED) is 0.296. The maximum absolute atomic E-state index is 12.8. The van der Waals surface area contributed by atoms with E-state index < -0.39 is 17.7 Å². The molecule has 0 aliphatic carbocycles. The lowest BCUT2D eigenvalue weighted by molar-refractivity contribution is 0.0508. The van der Waals surface area contributed by atoms with E-state index in [9.17, 15) is 9.59 Å². The number of ether oxygens (including phenoxy) is 2. The summed E-state index contributed by atoms with van der Waals surface area (Å²) in [6, 6.07) is 17.8. The summed E-state index contributed by atoms with van der Waals surface area (Å²) < 4.78 is 13.5. The summed E-state index contributed by atoms with van der Waals surface area (Å²) in [5.41, 5.74) is 2.17. The minimum atomic E-state index is -0.586. The van der Waals surface area contributed by atoms with Crippen LogP contribution in [0.4, 0.5) is 4.79 Å². The van der Waals surface area contributed by atoms with Crippen molar-refractivity contribution >= 4 is 49.8 Å². The van der Waals surface area contributed by atoms with Crippen LogP contribution in [0.5, 0.6) is 0 Å². The molecule has 7 nitrogen and oxygen atoms in total. The highest BCUT2D eigenvalue weighted by Gasteiger charge is 2.20. The fraction of sp³-hybridized carbons (Fsp3) is 0.296. The number of rotatable bonds is 6. The first-order chi connectivity index (χ1) is 16.6. The predicted octanol–water partition coefficient (Wildman–Crippen LogP) is 6.20. The number of halogens is 1. The number of pyridine rings is 1. The molecule has 2 aromatic carbocycles. The molecule has 0 bridgehead atoms. The van der Waals surface area contributed by atoms with Crippen LogP contribution in [-0.2, 0) is 22.6 Å². The average molecular weight is 538 g/mol. The Morgan fingerprint density at radius 1 is 1.06 bits per heavy atom. The summed E-state index contributed by atoms with van der Waals surface area (Å²) in [6.45, 7) is 8.12. The Labute approximate surface area is 212 Å². The van der Waals surface area contributed by atoms with E-state index in [-0.39, 0.29) is 13.2 Å². The van der Waals surface area contributed by atoms with E-state index in [0.717, 1.165) is 26.2 Å². The van der Waals surface area contributed by atoms with Crippen molar-refractivity contribution in [2.24, 2.45) is 0 Å². The van der Waals surface area contributed by atoms with Gasteiger partial charge in [-0.2, -0.15) is 0 Å². The summed E-state index contributed by atoms with van der Waals surface area (Å²) >= 11 is 3.61. The molecule has 0 atom stereocenters. The summed E-state index contributed by atoms with van der Waals surface area (Å²) in [5.74, 6) is -0.404. The van der Waals surface area contributed by atoms with Gasteiger partial charge in [0, 0.05) is 9.86 Å². The Morgan fingerprint density at radius 3 is 2.57 bits per heavy atom. The van der Waals surface area contributed by atoms with Gasteiger partial charge < -0.3 is 19.4 Å². The molecule has 0 radical (unpaired) electrons. The van der Waals surface area contributed by atoms with Gasteiger partial charge in [0.25, 0.3) is 0 Å². The third-order valence-corrected chi connectivity index (χ3v) is 5.80. The molecule has 35 heavy (non-hydrogen) atoms. The number of fused-ring (bicyclic) bond motifs is 2. The van der Waals surface area contributed by atoms with Gasteiger partial charge in [-0.3, -0.25) is 0 Å². The van der Waals surface area contributed by atoms with Gasteiger partial charge in [-0.15, -0.1) is 0 Å². The highest BCUT2D eigenvalue weighted by atomic mass is 79.9. The molecule has 4 rings (SSSR count). The molecule has 8 heteroatoms. The normalized spacial score (nSPS) is 11.6. The molecule has 0 saturated carbocycles. The monoisotopic (exact) mass is 537 g/mol. The van der Waals surface area contributed by atoms with Gasteiger partial charge in [-0.05, 0) is 74.4 Å². The van der Waals surface area contributed by atoms with Crippen LogP contribution in [0, 0.1) is 0 Å². The van der Waals surface area contributed by atoms with E-state index >= 15 is 0 Å². The second-order valence-electron chi connectivity index (χ2n) is 9.19. The zero-order valence-electron chi connectivity index (χ0n) is 20.2. The maximum atomic E-state index is 12.8. The first-order valence-corrected chi connectivity index (χ1v) is 12.2. The molecule has 1 N–H and O–H groups in total. The molecule has 4 aromatic rings. The van der Waals surface area contributed by atoms with Crippen molar-refractivity contribution in [1.29, 1.82) is 0 Å². The molecule has 0 saturated heterocycles. The summed E-state index contributed by atoms with van der Waals surface area (Å²) in [7, 11) is 0. The average Bonchev–Trinajstić information content (AvgIpc) is 3.14. The van der Waals surface area contributed by atoms with Gasteiger partial charge in [0.15, 0.2) is 0 Å². The molecular weight excluding hydrogens is 510 g/mol. The summed E-state index contributed by atoms with van der Waals surface area (Å²) in [5, 5.41) is 5.74. The largest absolute Gasteiger partial charge is 0.461 e. The fourth-order valence-electron chi connectivity index (χ4n) is 3.93. The van der Waals surface area contributed by atoms with E-state index in [0.29, 0.717) is 23.6 Å². The highest BCUT2D eigenvalue weighted by molar-refractivity contribution is 9.10. The van der Waals surface area contributed by atoms with Crippen LogP contribution >= 0.6 is 15.9 Å². The van der Waals surface area contributed by atoms with Crippen LogP contribution in [-0.4, -0.2) is 33.8 Å². The smallest absolute Gasteiger partial charge is 0.407 e. The van der Waals surface area contributed by atoms with Crippen molar-refractivity contribution in [2.75, 3.05) is 6.61 Å². The van der Waals surface area contributed by atoms with E-state index in [1.165, 1.54) is 0 Å². The second-order valence-corrected chi connectivity index (χ2v) is 10.1. The Balaban J connectivity index is 1.74. The fourth-order valence-corrected chi connectivity index (χ4v) is 4.45. The Morgan fingerprint density at radius 2 is 1.83 bits per heavy atom. The first-order valence-electron chi connectivity index (χ1n) is 11.4. The molecule has 0 fully saturated rings. The predicted molar refractivity (Wildman–Crippen MR) is 140 cm³/mol. The number of esters is 1. The van der Waals surface area contributed by atoms with Crippen molar-refractivity contribution < 1.29 is 19.1 Å². The van der Waals surface area contributed by atoms with Crippen LogP contribution in [0.2, 0.25) is 0 Å². The van der Waals surface area contributed by atoms with E-state index in [2.05, 4.69) is 45.5 Å². The minimum absolute atomic E-state index is 0.199. The number of nitrogens with one attached hydrogen (secondary N) is 1. The Kier molecular flexibility index (Phi) is 7.12. The number of amides is 1. The lowest BCUT2D eigenvalue weighted by Crippen LogP contribution is -2.32. The zero-order valence-corrected chi connectivity index (χ0v) is 21.8. The van der Waals surface area contributed by atoms with Crippen molar-refractivity contribution in [3.8, 4) is 0 Å². The number of benzene rings is 2. The van der Waals surface area contributed by atoms with Crippen molar-refractivity contribution in [3.05, 3.63) is 76.0 Å². The maximum Gasteiger partial charge on any atom is 0.407 e. The number of hydrogen-bond donors (Lipinski definition) is 1. The number of hydrogen-bond acceptors (Lipinski definition) is 5. The number of alkyl carbamates (subject to hydrolysis) is 1. The topological polar surface area (TPSA) is 82.4 Å². The van der Waals surface area contributed by atoms with Crippen molar-refractivity contribution in [3.63, 3.8) is 0 Å². The number of carbonyl (C=O) groups is 2. The second kappa shape index (κ2) is 10.1. The van der Waals surface area contributed by atoms with Gasteiger partial charge in [0.2, 0.25) is 0 Å². The zero-order chi connectivity index (χ0) is 25.2. The molecule has 2 heterocycles. The third kappa shape index (κ3) is 5.82. The van der Waals surface area contributed by atoms with E-state index in [1.807, 2.05) is 49.6 Å². The lowest BCUT2D eigenvalue weighted by Gasteiger charge is -2.19. The minimum Gasteiger partial charge on any atom is -0.461 e. The molecule has 2 aromatic heterocycles. The van der Waals surface area contributed by atoms with Gasteiger partial charge in [-0.25, -0.2) is 14.6 Å². The standard InChI is InChI=1S/C27H28BrN3O4/c1-5-34-25(32)23-14-18-10-11-21(15-29-26(33)35-27(2,3)4)30-24(18)31(23)16-19-13-20(28)12-17-8-6-7-9-22(17)19/h6-14H,5,15-16H2,1-4H3,(H,29,33). The Bertz CT molecular complexity index is 1410. The van der Waals surface area contributed by atoms with Crippen LogP contribution in [0.15, 0.2) is 59.1 Å². The highest BCUT2D eigenvalue weighted by Crippen LogP contribution is 2.28. The molecule has 0 aliphatic heterocycles. The first kappa shape index (κ1) is 24.7. The van der Waals surface area contributed by atoms with Crippen LogP contribution in [0.3, 0.4) is 0 Å². The molecule has 0 unspecified atom stereocenters. The SMILES string of the molecule is CCOC(=O)c1cc2ccc(CNC(=O)OC(C)(C)C)nc2n1Cc1cc(Br)cc2ccccc12. The number of nitrogens with zero attached hydrogens (tertiary/aromatic N) is 2. The van der Waals surface area contributed by atoms with Crippen LogP contribution in [0.25, 0.3) is 21.8 Å². The number of aromatic nitrogens is 2. The molecule has 182 valence electrons. The molecule has 0 spiro atoms. The number of carbonyl (C=O) groups excluding carboxylic acids is 2. The third-order valence-electron chi connectivity index (χ3n) is 5.34.